The second-order valence-electron chi connectivity index (χ2n) is 3.24. The highest BCUT2D eigenvalue weighted by atomic mass is 32.2. The molecule has 0 radical (unpaired) electrons. The van der Waals surface area contributed by atoms with E-state index in [0.29, 0.717) is 6.54 Å². The van der Waals surface area contributed by atoms with Crippen LogP contribution in [0, 0.1) is 0 Å². The van der Waals surface area contributed by atoms with Crippen LogP contribution in [0.1, 0.15) is 6.92 Å². The van der Waals surface area contributed by atoms with Crippen molar-refractivity contribution in [2.24, 2.45) is 0 Å². The van der Waals surface area contributed by atoms with Crippen LogP contribution in [-0.4, -0.2) is 50.5 Å². The lowest BCUT2D eigenvalue weighted by molar-refractivity contribution is 0.208. The van der Waals surface area contributed by atoms with Gasteiger partial charge in [0.25, 0.3) is 0 Å². The molecule has 0 unspecified atom stereocenters. The zero-order valence-corrected chi connectivity index (χ0v) is 8.60. The van der Waals surface area contributed by atoms with Crippen molar-refractivity contribution in [3.05, 3.63) is 0 Å². The molecule has 1 rings (SSSR count). The van der Waals surface area contributed by atoms with Crippen molar-refractivity contribution in [1.29, 1.82) is 0 Å². The van der Waals surface area contributed by atoms with Gasteiger partial charge in [-0.2, -0.15) is 0 Å². The van der Waals surface area contributed by atoms with Gasteiger partial charge in [0.2, 0.25) is 0 Å². The van der Waals surface area contributed by atoms with E-state index in [1.807, 2.05) is 6.92 Å². The van der Waals surface area contributed by atoms with Crippen LogP contribution in [0.25, 0.3) is 0 Å². The molecule has 6 heteroatoms. The number of nitrogens with one attached hydrogen (secondary N) is 1. The minimum Gasteiger partial charge on any atom is -0.333 e. The summed E-state index contributed by atoms with van der Waals surface area (Å²) >= 11 is 0. The molecule has 5 nitrogen and oxygen atoms in total. The molecule has 13 heavy (non-hydrogen) atoms. The van der Waals surface area contributed by atoms with E-state index in [4.69, 9.17) is 0 Å². The Bertz CT molecular complexity index is 287. The summed E-state index contributed by atoms with van der Waals surface area (Å²) in [5.41, 5.74) is 0. The largest absolute Gasteiger partial charge is 0.333 e. The highest BCUT2D eigenvalue weighted by molar-refractivity contribution is 7.92. The Labute approximate surface area is 78.0 Å². The Kier molecular flexibility index (Phi) is 2.80. The van der Waals surface area contributed by atoms with Gasteiger partial charge < -0.3 is 10.2 Å². The molecule has 0 aromatic heterocycles. The monoisotopic (exact) mass is 206 g/mol. The van der Waals surface area contributed by atoms with E-state index < -0.39 is 9.84 Å². The maximum Gasteiger partial charge on any atom is 0.317 e. The molecule has 0 spiro atoms. The summed E-state index contributed by atoms with van der Waals surface area (Å²) in [5, 5.41) is 2.63. The Balaban J connectivity index is 2.32. The molecule has 0 aliphatic carbocycles. The van der Waals surface area contributed by atoms with Crippen LogP contribution < -0.4 is 5.32 Å². The first-order chi connectivity index (χ1) is 5.94. The van der Waals surface area contributed by atoms with Gasteiger partial charge in [-0.1, -0.05) is 0 Å². The van der Waals surface area contributed by atoms with Crippen LogP contribution in [0.5, 0.6) is 0 Å². The summed E-state index contributed by atoms with van der Waals surface area (Å²) in [6, 6.07) is -0.395. The fourth-order valence-corrected chi connectivity index (χ4v) is 2.37. The summed E-state index contributed by atoms with van der Waals surface area (Å²) in [7, 11) is -1.17. The number of amides is 2. The molecule has 0 atom stereocenters. The Hall–Kier alpha value is -0.780. The van der Waals surface area contributed by atoms with Gasteiger partial charge in [0, 0.05) is 13.6 Å². The van der Waals surface area contributed by atoms with Crippen LogP contribution >= 0.6 is 0 Å². The first kappa shape index (κ1) is 10.3. The van der Waals surface area contributed by atoms with Gasteiger partial charge in [0.05, 0.1) is 17.5 Å². The zero-order valence-electron chi connectivity index (χ0n) is 7.78. The predicted molar refractivity (Wildman–Crippen MR) is 49.3 cm³/mol. The van der Waals surface area contributed by atoms with E-state index in [-0.39, 0.29) is 23.6 Å². The number of rotatable bonds is 2. The number of nitrogens with zero attached hydrogens (tertiary/aromatic N) is 1. The molecule has 76 valence electrons. The van der Waals surface area contributed by atoms with E-state index in [1.54, 1.807) is 7.05 Å². The fourth-order valence-electron chi connectivity index (χ4n) is 1.08. The van der Waals surface area contributed by atoms with Gasteiger partial charge in [0.15, 0.2) is 9.84 Å². The third-order valence-electron chi connectivity index (χ3n) is 2.06. The Morgan fingerprint density at radius 1 is 1.54 bits per heavy atom. The molecule has 0 saturated carbocycles. The van der Waals surface area contributed by atoms with Gasteiger partial charge in [-0.25, -0.2) is 13.2 Å². The summed E-state index contributed by atoms with van der Waals surface area (Å²) in [6.07, 6.45) is 0. The topological polar surface area (TPSA) is 66.5 Å². The minimum absolute atomic E-state index is 0.0797. The number of sulfone groups is 1. The quantitative estimate of drug-likeness (QED) is 0.659. The van der Waals surface area contributed by atoms with Crippen molar-refractivity contribution >= 4 is 15.9 Å². The molecule has 1 aliphatic rings. The van der Waals surface area contributed by atoms with Crippen LogP contribution in [0.4, 0.5) is 4.79 Å². The van der Waals surface area contributed by atoms with Gasteiger partial charge in [-0.15, -0.1) is 0 Å². The molecule has 0 aromatic rings. The average Bonchev–Trinajstić information content (AvgIpc) is 1.99. The molecule has 1 saturated heterocycles. The maximum absolute atomic E-state index is 11.2. The zero-order chi connectivity index (χ0) is 10.1. The first-order valence-electron chi connectivity index (χ1n) is 4.16. The van der Waals surface area contributed by atoms with Crippen LogP contribution in [0.2, 0.25) is 0 Å². The van der Waals surface area contributed by atoms with Crippen molar-refractivity contribution in [1.82, 2.24) is 10.2 Å². The summed E-state index contributed by atoms with van der Waals surface area (Å²) in [4.78, 5) is 12.7. The number of carbonyl (C=O) groups is 1. The van der Waals surface area contributed by atoms with Gasteiger partial charge in [-0.3, -0.25) is 0 Å². The fraction of sp³-hybridized carbons (Fsp3) is 0.857. The van der Waals surface area contributed by atoms with Crippen LogP contribution in [-0.2, 0) is 9.84 Å². The molecule has 1 fully saturated rings. The lowest BCUT2D eigenvalue weighted by atomic mass is 10.4. The van der Waals surface area contributed by atoms with Gasteiger partial charge >= 0.3 is 6.03 Å². The number of urea groups is 1. The van der Waals surface area contributed by atoms with Crippen LogP contribution in [0.15, 0.2) is 0 Å². The SMILES string of the molecule is CCN(C)C(=O)NC1CS(=O)(=O)C1. The third-order valence-corrected chi connectivity index (χ3v) is 3.88. The summed E-state index contributed by atoms with van der Waals surface area (Å²) in [5.74, 6) is 0.159. The van der Waals surface area contributed by atoms with E-state index in [2.05, 4.69) is 5.32 Å². The van der Waals surface area contributed by atoms with Crippen molar-refractivity contribution in [3.8, 4) is 0 Å². The first-order valence-corrected chi connectivity index (χ1v) is 5.99. The molecule has 1 N–H and O–H groups in total. The van der Waals surface area contributed by atoms with E-state index >= 15 is 0 Å². The predicted octanol–water partition coefficient (Wildman–Crippen LogP) is -0.555. The summed E-state index contributed by atoms with van der Waals surface area (Å²) in [6.45, 7) is 2.47. The molecule has 1 aliphatic heterocycles. The lowest BCUT2D eigenvalue weighted by Crippen LogP contribution is -2.55. The summed E-state index contributed by atoms with van der Waals surface area (Å²) < 4.78 is 21.5. The van der Waals surface area contributed by atoms with Crippen LogP contribution in [0.3, 0.4) is 0 Å². The number of hydrogen-bond donors (Lipinski definition) is 1. The highest BCUT2D eigenvalue weighted by Crippen LogP contribution is 2.10. The number of carbonyl (C=O) groups excluding carboxylic acids is 1. The smallest absolute Gasteiger partial charge is 0.317 e. The average molecular weight is 206 g/mol. The van der Waals surface area contributed by atoms with Gasteiger partial charge in [-0.05, 0) is 6.92 Å². The van der Waals surface area contributed by atoms with Crippen molar-refractivity contribution < 1.29 is 13.2 Å². The molecule has 0 aromatic carbocycles. The number of hydrogen-bond acceptors (Lipinski definition) is 3. The normalized spacial score (nSPS) is 20.5. The van der Waals surface area contributed by atoms with Crippen molar-refractivity contribution in [2.75, 3.05) is 25.1 Å². The Morgan fingerprint density at radius 3 is 2.46 bits per heavy atom. The van der Waals surface area contributed by atoms with Crippen molar-refractivity contribution in [3.63, 3.8) is 0 Å². The highest BCUT2D eigenvalue weighted by Gasteiger charge is 2.34. The van der Waals surface area contributed by atoms with Crippen molar-refractivity contribution in [2.45, 2.75) is 13.0 Å². The van der Waals surface area contributed by atoms with E-state index in [0.717, 1.165) is 0 Å². The molecular weight excluding hydrogens is 192 g/mol. The Morgan fingerprint density at radius 2 is 2.08 bits per heavy atom. The minimum atomic E-state index is -2.84. The van der Waals surface area contributed by atoms with E-state index in [9.17, 15) is 13.2 Å². The standard InChI is InChI=1S/C7H14N2O3S/c1-3-9(2)7(10)8-6-4-13(11,12)5-6/h6H,3-5H2,1-2H3,(H,8,10). The second-order valence-corrected chi connectivity index (χ2v) is 5.39. The lowest BCUT2D eigenvalue weighted by Gasteiger charge is -2.28. The molecule has 1 heterocycles. The maximum atomic E-state index is 11.2. The van der Waals surface area contributed by atoms with Gasteiger partial charge in [0.1, 0.15) is 0 Å². The second kappa shape index (κ2) is 3.53. The van der Waals surface area contributed by atoms with E-state index in [1.165, 1.54) is 4.90 Å². The molecule has 0 bridgehead atoms. The third kappa shape index (κ3) is 2.58. The molecular formula is C7H14N2O3S. The molecule has 2 amide bonds.